The predicted octanol–water partition coefficient (Wildman–Crippen LogP) is 1.84. The van der Waals surface area contributed by atoms with E-state index in [0.717, 1.165) is 11.3 Å². The van der Waals surface area contributed by atoms with Crippen LogP contribution in [0, 0.1) is 5.92 Å². The van der Waals surface area contributed by atoms with Crippen LogP contribution in [0.3, 0.4) is 0 Å². The number of aliphatic hydroxyl groups excluding tert-OH is 1. The Hall–Kier alpha value is -1.06. The van der Waals surface area contributed by atoms with E-state index in [0.29, 0.717) is 13.2 Å². The van der Waals surface area contributed by atoms with Crippen molar-refractivity contribution in [2.24, 2.45) is 5.92 Å². The summed E-state index contributed by atoms with van der Waals surface area (Å²) in [7, 11) is 1.65. The Bertz CT molecular complexity index is 269. The molecule has 0 aliphatic heterocycles. The molecule has 0 aromatic heterocycles. The summed E-state index contributed by atoms with van der Waals surface area (Å²) < 4.78 is 10.5. The minimum atomic E-state index is 0.169. The van der Waals surface area contributed by atoms with Crippen molar-refractivity contribution < 1.29 is 14.6 Å². The quantitative estimate of drug-likeness (QED) is 0.778. The summed E-state index contributed by atoms with van der Waals surface area (Å²) >= 11 is 0. The van der Waals surface area contributed by atoms with E-state index < -0.39 is 0 Å². The molecule has 0 bridgehead atoms. The molecule has 0 saturated carbocycles. The molecule has 84 valence electrons. The van der Waals surface area contributed by atoms with Crippen LogP contribution in [0.1, 0.15) is 12.5 Å². The van der Waals surface area contributed by atoms with Crippen molar-refractivity contribution in [1.82, 2.24) is 0 Å². The largest absolute Gasteiger partial charge is 0.497 e. The zero-order valence-corrected chi connectivity index (χ0v) is 9.27. The van der Waals surface area contributed by atoms with Crippen LogP contribution in [-0.4, -0.2) is 25.4 Å². The van der Waals surface area contributed by atoms with E-state index in [9.17, 15) is 0 Å². The van der Waals surface area contributed by atoms with E-state index in [-0.39, 0.29) is 12.5 Å². The molecule has 1 atom stereocenters. The number of hydrogen-bond donors (Lipinski definition) is 1. The highest BCUT2D eigenvalue weighted by atomic mass is 16.5. The fourth-order valence-electron chi connectivity index (χ4n) is 1.15. The molecule has 0 spiro atoms. The normalized spacial score (nSPS) is 12.5. The fourth-order valence-corrected chi connectivity index (χ4v) is 1.15. The van der Waals surface area contributed by atoms with Crippen molar-refractivity contribution in [2.75, 3.05) is 20.3 Å². The monoisotopic (exact) mass is 210 g/mol. The maximum absolute atomic E-state index is 8.80. The lowest BCUT2D eigenvalue weighted by Gasteiger charge is -2.09. The van der Waals surface area contributed by atoms with Crippen LogP contribution in [0.25, 0.3) is 0 Å². The number of benzene rings is 1. The first-order valence-electron chi connectivity index (χ1n) is 5.07. The molecule has 1 aromatic rings. The van der Waals surface area contributed by atoms with Crippen molar-refractivity contribution >= 4 is 0 Å². The number of aliphatic hydroxyl groups is 1. The molecule has 0 radical (unpaired) electrons. The second-order valence-corrected chi connectivity index (χ2v) is 3.65. The molecule has 0 unspecified atom stereocenters. The van der Waals surface area contributed by atoms with Gasteiger partial charge in [-0.3, -0.25) is 0 Å². The van der Waals surface area contributed by atoms with Crippen molar-refractivity contribution in [3.8, 4) is 5.75 Å². The molecule has 1 aromatic carbocycles. The summed E-state index contributed by atoms with van der Waals surface area (Å²) in [5.41, 5.74) is 1.11. The van der Waals surface area contributed by atoms with Gasteiger partial charge in [-0.1, -0.05) is 19.1 Å². The predicted molar refractivity (Wildman–Crippen MR) is 58.9 cm³/mol. The van der Waals surface area contributed by atoms with Gasteiger partial charge >= 0.3 is 0 Å². The van der Waals surface area contributed by atoms with E-state index in [1.165, 1.54) is 0 Å². The fraction of sp³-hybridized carbons (Fsp3) is 0.500. The Labute approximate surface area is 90.6 Å². The smallest absolute Gasteiger partial charge is 0.118 e. The first-order valence-corrected chi connectivity index (χ1v) is 5.07. The summed E-state index contributed by atoms with van der Waals surface area (Å²) in [4.78, 5) is 0. The molecule has 1 N–H and O–H groups in total. The minimum Gasteiger partial charge on any atom is -0.497 e. The summed E-state index contributed by atoms with van der Waals surface area (Å²) in [5, 5.41) is 8.80. The summed E-state index contributed by atoms with van der Waals surface area (Å²) in [6.07, 6.45) is 0. The number of methoxy groups -OCH3 is 1. The molecule has 15 heavy (non-hydrogen) atoms. The van der Waals surface area contributed by atoms with Crippen molar-refractivity contribution in [1.29, 1.82) is 0 Å². The van der Waals surface area contributed by atoms with E-state index >= 15 is 0 Å². The number of ether oxygens (including phenoxy) is 2. The van der Waals surface area contributed by atoms with Gasteiger partial charge in [0.2, 0.25) is 0 Å². The van der Waals surface area contributed by atoms with Crippen LogP contribution in [0.4, 0.5) is 0 Å². The minimum absolute atomic E-state index is 0.169. The van der Waals surface area contributed by atoms with Gasteiger partial charge in [-0.15, -0.1) is 0 Å². The average molecular weight is 210 g/mol. The van der Waals surface area contributed by atoms with Gasteiger partial charge in [0.15, 0.2) is 0 Å². The maximum Gasteiger partial charge on any atom is 0.118 e. The molecule has 0 amide bonds. The van der Waals surface area contributed by atoms with Crippen molar-refractivity contribution in [3.63, 3.8) is 0 Å². The highest BCUT2D eigenvalue weighted by Gasteiger charge is 2.00. The standard InChI is InChI=1S/C12H18O3/c1-10(7-13)8-15-9-11-3-5-12(14-2)6-4-11/h3-6,10,13H,7-9H2,1-2H3/t10-/m0/s1. The van der Waals surface area contributed by atoms with Gasteiger partial charge in [0.25, 0.3) is 0 Å². The lowest BCUT2D eigenvalue weighted by atomic mass is 10.2. The van der Waals surface area contributed by atoms with Gasteiger partial charge in [-0.2, -0.15) is 0 Å². The van der Waals surface area contributed by atoms with Gasteiger partial charge in [-0.05, 0) is 17.7 Å². The van der Waals surface area contributed by atoms with Gasteiger partial charge in [0, 0.05) is 12.5 Å². The van der Waals surface area contributed by atoms with Crippen molar-refractivity contribution in [2.45, 2.75) is 13.5 Å². The van der Waals surface area contributed by atoms with Crippen LogP contribution < -0.4 is 4.74 Å². The van der Waals surface area contributed by atoms with Crippen LogP contribution in [0.5, 0.6) is 5.75 Å². The zero-order chi connectivity index (χ0) is 11.1. The first-order chi connectivity index (χ1) is 7.26. The molecule has 3 nitrogen and oxygen atoms in total. The van der Waals surface area contributed by atoms with Crippen LogP contribution in [0.2, 0.25) is 0 Å². The first kappa shape index (κ1) is 12.0. The Kier molecular flexibility index (Phi) is 5.15. The molecule has 0 saturated heterocycles. The lowest BCUT2D eigenvalue weighted by molar-refractivity contribution is 0.0696. The third-order valence-electron chi connectivity index (χ3n) is 2.14. The van der Waals surface area contributed by atoms with E-state index in [4.69, 9.17) is 14.6 Å². The second kappa shape index (κ2) is 6.43. The maximum atomic E-state index is 8.80. The summed E-state index contributed by atoms with van der Waals surface area (Å²) in [6, 6.07) is 7.77. The zero-order valence-electron chi connectivity index (χ0n) is 9.27. The Balaban J connectivity index is 2.31. The van der Waals surface area contributed by atoms with Crippen LogP contribution in [-0.2, 0) is 11.3 Å². The van der Waals surface area contributed by atoms with Gasteiger partial charge in [0.1, 0.15) is 5.75 Å². The van der Waals surface area contributed by atoms with Gasteiger partial charge < -0.3 is 14.6 Å². The van der Waals surface area contributed by atoms with Crippen LogP contribution >= 0.6 is 0 Å². The lowest BCUT2D eigenvalue weighted by Crippen LogP contribution is -2.09. The van der Waals surface area contributed by atoms with Crippen molar-refractivity contribution in [3.05, 3.63) is 29.8 Å². The molecular weight excluding hydrogens is 192 g/mol. The molecule has 1 rings (SSSR count). The molecular formula is C12H18O3. The molecule has 0 aliphatic rings. The van der Waals surface area contributed by atoms with Gasteiger partial charge in [0.05, 0.1) is 20.3 Å². The SMILES string of the molecule is COc1ccc(COC[C@@H](C)CO)cc1. The molecule has 0 heterocycles. The average Bonchev–Trinajstić information content (AvgIpc) is 2.29. The topological polar surface area (TPSA) is 38.7 Å². The molecule has 3 heteroatoms. The van der Waals surface area contributed by atoms with Crippen LogP contribution in [0.15, 0.2) is 24.3 Å². The summed E-state index contributed by atoms with van der Waals surface area (Å²) in [5.74, 6) is 1.05. The molecule has 0 fully saturated rings. The third-order valence-corrected chi connectivity index (χ3v) is 2.14. The second-order valence-electron chi connectivity index (χ2n) is 3.65. The highest BCUT2D eigenvalue weighted by molar-refractivity contribution is 5.26. The summed E-state index contributed by atoms with van der Waals surface area (Å²) in [6.45, 7) is 3.29. The van der Waals surface area contributed by atoms with E-state index in [1.54, 1.807) is 7.11 Å². The Morgan fingerprint density at radius 3 is 2.47 bits per heavy atom. The van der Waals surface area contributed by atoms with E-state index in [2.05, 4.69) is 0 Å². The highest BCUT2D eigenvalue weighted by Crippen LogP contribution is 2.12. The van der Waals surface area contributed by atoms with E-state index in [1.807, 2.05) is 31.2 Å². The Morgan fingerprint density at radius 2 is 1.93 bits per heavy atom. The van der Waals surface area contributed by atoms with Gasteiger partial charge in [-0.25, -0.2) is 0 Å². The number of hydrogen-bond acceptors (Lipinski definition) is 3. The number of rotatable bonds is 6. The Morgan fingerprint density at radius 1 is 1.27 bits per heavy atom. The third kappa shape index (κ3) is 4.32. The molecule has 0 aliphatic carbocycles.